The Morgan fingerprint density at radius 3 is 2.00 bits per heavy atom. The van der Waals surface area contributed by atoms with Crippen LogP contribution in [-0.2, 0) is 9.59 Å². The van der Waals surface area contributed by atoms with E-state index in [1.54, 1.807) is 12.1 Å². The summed E-state index contributed by atoms with van der Waals surface area (Å²) in [6, 6.07) is 7.29. The van der Waals surface area contributed by atoms with Gasteiger partial charge in [0.25, 0.3) is 0 Å². The molecule has 3 atom stereocenters. The third-order valence-electron chi connectivity index (χ3n) is 4.48. The van der Waals surface area contributed by atoms with Crippen molar-refractivity contribution >= 4 is 17.5 Å². The molecule has 2 N–H and O–H groups in total. The zero-order valence-electron chi connectivity index (χ0n) is 11.4. The Morgan fingerprint density at radius 2 is 1.58 bits per heavy atom. The highest BCUT2D eigenvalue weighted by atomic mass is 16.2. The first-order valence-electron chi connectivity index (χ1n) is 6.59. The molecule has 0 radical (unpaired) electrons. The van der Waals surface area contributed by atoms with Gasteiger partial charge in [-0.2, -0.15) is 0 Å². The molecule has 1 aromatic carbocycles. The topological polar surface area (TPSA) is 63.4 Å². The van der Waals surface area contributed by atoms with E-state index in [0.29, 0.717) is 5.69 Å². The van der Waals surface area contributed by atoms with Crippen molar-refractivity contribution in [3.05, 3.63) is 29.8 Å². The molecule has 19 heavy (non-hydrogen) atoms. The lowest BCUT2D eigenvalue weighted by Crippen LogP contribution is -2.36. The maximum atomic E-state index is 12.3. The van der Waals surface area contributed by atoms with Crippen LogP contribution in [0.3, 0.4) is 0 Å². The molecule has 3 rings (SSSR count). The number of amides is 2. The van der Waals surface area contributed by atoms with Crippen molar-refractivity contribution in [2.24, 2.45) is 23.0 Å². The van der Waals surface area contributed by atoms with Crippen molar-refractivity contribution in [3.8, 4) is 0 Å². The van der Waals surface area contributed by atoms with E-state index in [0.717, 1.165) is 5.56 Å². The lowest BCUT2D eigenvalue weighted by atomic mass is 10.0. The summed E-state index contributed by atoms with van der Waals surface area (Å²) in [5.41, 5.74) is 7.28. The second-order valence-corrected chi connectivity index (χ2v) is 6.17. The van der Waals surface area contributed by atoms with Gasteiger partial charge in [0.1, 0.15) is 0 Å². The van der Waals surface area contributed by atoms with Gasteiger partial charge in [0.15, 0.2) is 0 Å². The van der Waals surface area contributed by atoms with E-state index >= 15 is 0 Å². The van der Waals surface area contributed by atoms with E-state index in [9.17, 15) is 9.59 Å². The van der Waals surface area contributed by atoms with Crippen LogP contribution in [-0.4, -0.2) is 11.8 Å². The van der Waals surface area contributed by atoms with Crippen LogP contribution in [0.2, 0.25) is 0 Å². The highest BCUT2D eigenvalue weighted by Gasteiger charge is 2.72. The Hall–Kier alpha value is -1.68. The number of imide groups is 1. The highest BCUT2D eigenvalue weighted by Crippen LogP contribution is 2.63. The van der Waals surface area contributed by atoms with Gasteiger partial charge in [0.05, 0.1) is 17.5 Å². The third kappa shape index (κ3) is 1.56. The number of hydrogen-bond acceptors (Lipinski definition) is 3. The standard InChI is InChI=1S/C15H18N2O2/c1-8(16)9-4-6-10(7-5-9)17-13(18)11-12(14(17)19)15(11,2)3/h4-8,11-12H,16H2,1-3H3. The minimum absolute atomic E-state index is 0.0497. The van der Waals surface area contributed by atoms with Gasteiger partial charge in [-0.05, 0) is 30.0 Å². The molecule has 2 aliphatic rings. The summed E-state index contributed by atoms with van der Waals surface area (Å²) in [5.74, 6) is -0.386. The molecule has 1 aliphatic carbocycles. The van der Waals surface area contributed by atoms with Gasteiger partial charge in [-0.3, -0.25) is 14.5 Å². The molecule has 1 saturated heterocycles. The number of fused-ring (bicyclic) bond motifs is 1. The molecule has 4 nitrogen and oxygen atoms in total. The molecule has 0 aromatic heterocycles. The van der Waals surface area contributed by atoms with Gasteiger partial charge in [-0.15, -0.1) is 0 Å². The summed E-state index contributed by atoms with van der Waals surface area (Å²) < 4.78 is 0. The summed E-state index contributed by atoms with van der Waals surface area (Å²) in [6.45, 7) is 5.86. The number of piperidine rings is 1. The van der Waals surface area contributed by atoms with Crippen molar-refractivity contribution in [2.75, 3.05) is 4.90 Å². The average Bonchev–Trinajstić information content (AvgIpc) is 2.80. The van der Waals surface area contributed by atoms with Crippen LogP contribution < -0.4 is 10.6 Å². The van der Waals surface area contributed by atoms with E-state index in [1.807, 2.05) is 32.9 Å². The predicted octanol–water partition coefficient (Wildman–Crippen LogP) is 1.85. The van der Waals surface area contributed by atoms with Crippen LogP contribution in [0.15, 0.2) is 24.3 Å². The first kappa shape index (κ1) is 12.4. The first-order valence-corrected chi connectivity index (χ1v) is 6.59. The lowest BCUT2D eigenvalue weighted by Gasteiger charge is -2.21. The number of carbonyl (C=O) groups is 2. The Kier molecular flexibility index (Phi) is 2.39. The highest BCUT2D eigenvalue weighted by molar-refractivity contribution is 6.25. The van der Waals surface area contributed by atoms with Crippen LogP contribution in [0.4, 0.5) is 5.69 Å². The van der Waals surface area contributed by atoms with Crippen molar-refractivity contribution in [2.45, 2.75) is 26.8 Å². The van der Waals surface area contributed by atoms with Gasteiger partial charge < -0.3 is 5.73 Å². The second kappa shape index (κ2) is 3.67. The summed E-state index contributed by atoms with van der Waals surface area (Å²) in [7, 11) is 0. The number of rotatable bonds is 2. The fourth-order valence-electron chi connectivity index (χ4n) is 3.13. The first-order chi connectivity index (χ1) is 8.85. The fraction of sp³-hybridized carbons (Fsp3) is 0.467. The molecular weight excluding hydrogens is 240 g/mol. The Labute approximate surface area is 112 Å². The lowest BCUT2D eigenvalue weighted by molar-refractivity contribution is -0.125. The molecule has 1 saturated carbocycles. The average molecular weight is 258 g/mol. The number of carbonyl (C=O) groups excluding carboxylic acids is 2. The summed E-state index contributed by atoms with van der Waals surface area (Å²) in [5, 5.41) is 0. The summed E-state index contributed by atoms with van der Waals surface area (Å²) in [4.78, 5) is 25.9. The summed E-state index contributed by atoms with van der Waals surface area (Å²) >= 11 is 0. The predicted molar refractivity (Wildman–Crippen MR) is 72.3 cm³/mol. The molecule has 1 aliphatic heterocycles. The SMILES string of the molecule is CC(N)c1ccc(N2C(=O)C3C(C2=O)C3(C)C)cc1. The number of benzene rings is 1. The molecule has 2 amide bonds. The van der Waals surface area contributed by atoms with Crippen molar-refractivity contribution in [1.29, 1.82) is 0 Å². The van der Waals surface area contributed by atoms with Crippen molar-refractivity contribution in [3.63, 3.8) is 0 Å². The minimum atomic E-state index is -0.156. The Bertz CT molecular complexity index is 536. The van der Waals surface area contributed by atoms with Crippen LogP contribution in [0.1, 0.15) is 32.4 Å². The maximum absolute atomic E-state index is 12.3. The van der Waals surface area contributed by atoms with E-state index in [1.165, 1.54) is 4.90 Å². The van der Waals surface area contributed by atoms with E-state index in [-0.39, 0.29) is 35.1 Å². The fourth-order valence-corrected chi connectivity index (χ4v) is 3.13. The van der Waals surface area contributed by atoms with Crippen molar-refractivity contribution < 1.29 is 9.59 Å². The molecule has 1 aromatic rings. The zero-order valence-corrected chi connectivity index (χ0v) is 11.4. The third-order valence-corrected chi connectivity index (χ3v) is 4.48. The van der Waals surface area contributed by atoms with Gasteiger partial charge >= 0.3 is 0 Å². The number of hydrogen-bond donors (Lipinski definition) is 1. The molecule has 2 fully saturated rings. The molecule has 0 bridgehead atoms. The zero-order chi connectivity index (χ0) is 13.9. The van der Waals surface area contributed by atoms with E-state index in [2.05, 4.69) is 0 Å². The maximum Gasteiger partial charge on any atom is 0.238 e. The quantitative estimate of drug-likeness (QED) is 0.823. The van der Waals surface area contributed by atoms with Crippen molar-refractivity contribution in [1.82, 2.24) is 0 Å². The largest absolute Gasteiger partial charge is 0.324 e. The van der Waals surface area contributed by atoms with E-state index in [4.69, 9.17) is 5.73 Å². The van der Waals surface area contributed by atoms with Gasteiger partial charge in [0.2, 0.25) is 11.8 Å². The van der Waals surface area contributed by atoms with Gasteiger partial charge in [-0.1, -0.05) is 26.0 Å². The molecule has 3 unspecified atom stereocenters. The molecule has 1 heterocycles. The Balaban J connectivity index is 1.89. The molecule has 4 heteroatoms. The number of nitrogens with two attached hydrogens (primary N) is 1. The van der Waals surface area contributed by atoms with Crippen LogP contribution in [0.25, 0.3) is 0 Å². The normalized spacial score (nSPS) is 29.4. The van der Waals surface area contributed by atoms with Gasteiger partial charge in [-0.25, -0.2) is 0 Å². The van der Waals surface area contributed by atoms with E-state index < -0.39 is 0 Å². The monoisotopic (exact) mass is 258 g/mol. The van der Waals surface area contributed by atoms with Crippen LogP contribution in [0, 0.1) is 17.3 Å². The van der Waals surface area contributed by atoms with Crippen LogP contribution >= 0.6 is 0 Å². The molecule has 100 valence electrons. The number of nitrogens with zero attached hydrogens (tertiary/aromatic N) is 1. The second-order valence-electron chi connectivity index (χ2n) is 6.17. The van der Waals surface area contributed by atoms with Crippen LogP contribution in [0.5, 0.6) is 0 Å². The smallest absolute Gasteiger partial charge is 0.238 e. The minimum Gasteiger partial charge on any atom is -0.324 e. The Morgan fingerprint density at radius 1 is 1.11 bits per heavy atom. The molecule has 0 spiro atoms. The molecular formula is C15H18N2O2. The number of anilines is 1. The van der Waals surface area contributed by atoms with Gasteiger partial charge in [0, 0.05) is 6.04 Å². The summed E-state index contributed by atoms with van der Waals surface area (Å²) in [6.07, 6.45) is 0.